The largest absolute Gasteiger partial charge is 0.467 e. The van der Waals surface area contributed by atoms with Crippen LogP contribution in [-0.2, 0) is 25.7 Å². The molecule has 7 heteroatoms. The molecule has 1 saturated carbocycles. The van der Waals surface area contributed by atoms with Gasteiger partial charge in [-0.15, -0.1) is 0 Å². The van der Waals surface area contributed by atoms with Crippen molar-refractivity contribution in [1.29, 1.82) is 0 Å². The summed E-state index contributed by atoms with van der Waals surface area (Å²) >= 11 is 0. The minimum atomic E-state index is -0.682. The molecule has 1 heterocycles. The Hall–Kier alpha value is -2.57. The molecule has 1 N–H and O–H groups in total. The molecule has 0 bridgehead atoms. The average molecular weight is 417 g/mol. The molecule has 2 aliphatic rings. The SMILES string of the molecule is COC(=O)[C@@H]1CCCCN1C(=O)[C@@H](NC(=O)OCc1ccccc1)C1CCCCC1. The van der Waals surface area contributed by atoms with E-state index in [2.05, 4.69) is 5.32 Å². The molecule has 30 heavy (non-hydrogen) atoms. The van der Waals surface area contributed by atoms with Crippen molar-refractivity contribution >= 4 is 18.0 Å². The van der Waals surface area contributed by atoms with E-state index in [1.807, 2.05) is 30.3 Å². The Morgan fingerprint density at radius 1 is 1.03 bits per heavy atom. The Balaban J connectivity index is 1.70. The highest BCUT2D eigenvalue weighted by atomic mass is 16.5. The molecule has 0 spiro atoms. The van der Waals surface area contributed by atoms with Gasteiger partial charge in [0.2, 0.25) is 5.91 Å². The van der Waals surface area contributed by atoms with E-state index in [1.54, 1.807) is 4.90 Å². The molecule has 2 atom stereocenters. The first-order chi connectivity index (χ1) is 14.6. The van der Waals surface area contributed by atoms with Gasteiger partial charge >= 0.3 is 12.1 Å². The molecule has 3 rings (SSSR count). The summed E-state index contributed by atoms with van der Waals surface area (Å²) in [5.41, 5.74) is 0.884. The van der Waals surface area contributed by atoms with Crippen LogP contribution < -0.4 is 5.32 Å². The Morgan fingerprint density at radius 3 is 2.43 bits per heavy atom. The van der Waals surface area contributed by atoms with Gasteiger partial charge in [0.05, 0.1) is 7.11 Å². The highest BCUT2D eigenvalue weighted by Crippen LogP contribution is 2.29. The van der Waals surface area contributed by atoms with Crippen molar-refractivity contribution in [3.8, 4) is 0 Å². The highest BCUT2D eigenvalue weighted by Gasteiger charge is 2.40. The highest BCUT2D eigenvalue weighted by molar-refractivity contribution is 5.90. The summed E-state index contributed by atoms with van der Waals surface area (Å²) < 4.78 is 10.3. The van der Waals surface area contributed by atoms with Gasteiger partial charge in [0, 0.05) is 6.54 Å². The third kappa shape index (κ3) is 5.74. The van der Waals surface area contributed by atoms with E-state index in [-0.39, 0.29) is 18.4 Å². The molecule has 0 unspecified atom stereocenters. The third-order valence-electron chi connectivity index (χ3n) is 6.13. The first-order valence-corrected chi connectivity index (χ1v) is 11.0. The van der Waals surface area contributed by atoms with Crippen LogP contribution in [0.2, 0.25) is 0 Å². The van der Waals surface area contributed by atoms with Crippen LogP contribution in [0.5, 0.6) is 0 Å². The van der Waals surface area contributed by atoms with E-state index >= 15 is 0 Å². The van der Waals surface area contributed by atoms with Gasteiger partial charge in [-0.2, -0.15) is 0 Å². The van der Waals surface area contributed by atoms with Crippen LogP contribution in [0.25, 0.3) is 0 Å². The fourth-order valence-electron chi connectivity index (χ4n) is 4.50. The number of nitrogens with one attached hydrogen (secondary N) is 1. The van der Waals surface area contributed by atoms with E-state index in [0.717, 1.165) is 50.5 Å². The number of hydrogen-bond donors (Lipinski definition) is 1. The van der Waals surface area contributed by atoms with E-state index < -0.39 is 24.1 Å². The molecule has 1 aromatic rings. The van der Waals surface area contributed by atoms with Gasteiger partial charge in [-0.3, -0.25) is 4.79 Å². The topological polar surface area (TPSA) is 84.9 Å². The number of likely N-dealkylation sites (tertiary alicyclic amines) is 1. The van der Waals surface area contributed by atoms with Crippen LogP contribution in [-0.4, -0.2) is 48.6 Å². The summed E-state index contributed by atoms with van der Waals surface area (Å²) in [5, 5.41) is 2.83. The molecule has 0 radical (unpaired) electrons. The van der Waals surface area contributed by atoms with E-state index in [9.17, 15) is 14.4 Å². The molecule has 1 aliphatic carbocycles. The average Bonchev–Trinajstić information content (AvgIpc) is 2.81. The molecule has 1 aromatic carbocycles. The minimum Gasteiger partial charge on any atom is -0.467 e. The van der Waals surface area contributed by atoms with Gasteiger partial charge < -0.3 is 19.7 Å². The van der Waals surface area contributed by atoms with Gasteiger partial charge in [0.25, 0.3) is 0 Å². The maximum atomic E-state index is 13.5. The standard InChI is InChI=1S/C23H32N2O5/c1-29-22(27)19-14-8-9-15-25(19)21(26)20(18-12-6-3-7-13-18)24-23(28)30-16-17-10-4-2-5-11-17/h2,4-5,10-11,18-20H,3,6-9,12-16H2,1H3,(H,24,28)/t19-,20-/m0/s1. The second kappa shape index (κ2) is 11.0. The number of carbonyl (C=O) groups is 3. The van der Waals surface area contributed by atoms with Gasteiger partial charge in [-0.25, -0.2) is 9.59 Å². The maximum Gasteiger partial charge on any atom is 0.408 e. The van der Waals surface area contributed by atoms with E-state index in [0.29, 0.717) is 13.0 Å². The minimum absolute atomic E-state index is 0.0516. The predicted octanol–water partition coefficient (Wildman–Crippen LogP) is 3.42. The summed E-state index contributed by atoms with van der Waals surface area (Å²) in [5.74, 6) is -0.540. The number of methoxy groups -OCH3 is 1. The number of rotatable bonds is 6. The molecule has 2 fully saturated rings. The number of nitrogens with zero attached hydrogens (tertiary/aromatic N) is 1. The van der Waals surface area contributed by atoms with Crippen molar-refractivity contribution in [2.45, 2.75) is 70.1 Å². The monoisotopic (exact) mass is 416 g/mol. The molecule has 164 valence electrons. The van der Waals surface area contributed by atoms with Gasteiger partial charge in [0.1, 0.15) is 18.7 Å². The fourth-order valence-corrected chi connectivity index (χ4v) is 4.50. The first kappa shape index (κ1) is 22.1. The van der Waals surface area contributed by atoms with Crippen LogP contribution in [0.1, 0.15) is 56.9 Å². The number of carbonyl (C=O) groups excluding carboxylic acids is 3. The molecular weight excluding hydrogens is 384 g/mol. The number of alkyl carbamates (subject to hydrolysis) is 1. The van der Waals surface area contributed by atoms with Crippen LogP contribution in [0.15, 0.2) is 30.3 Å². The number of ether oxygens (including phenoxy) is 2. The van der Waals surface area contributed by atoms with Crippen molar-refractivity contribution in [3.63, 3.8) is 0 Å². The van der Waals surface area contributed by atoms with Crippen molar-refractivity contribution in [2.75, 3.05) is 13.7 Å². The van der Waals surface area contributed by atoms with Crippen LogP contribution in [0, 0.1) is 5.92 Å². The quantitative estimate of drug-likeness (QED) is 0.719. The van der Waals surface area contributed by atoms with Crippen LogP contribution in [0.4, 0.5) is 4.79 Å². The number of amides is 2. The second-order valence-corrected chi connectivity index (χ2v) is 8.15. The Labute approximate surface area is 178 Å². The lowest BCUT2D eigenvalue weighted by Crippen LogP contribution is -2.58. The summed E-state index contributed by atoms with van der Waals surface area (Å²) in [6.07, 6.45) is 6.69. The third-order valence-corrected chi connectivity index (χ3v) is 6.13. The van der Waals surface area contributed by atoms with E-state index in [4.69, 9.17) is 9.47 Å². The van der Waals surface area contributed by atoms with Crippen molar-refractivity contribution in [1.82, 2.24) is 10.2 Å². The smallest absolute Gasteiger partial charge is 0.408 e. The fraction of sp³-hybridized carbons (Fsp3) is 0.609. The summed E-state index contributed by atoms with van der Waals surface area (Å²) in [4.78, 5) is 39.9. The first-order valence-electron chi connectivity index (χ1n) is 11.0. The lowest BCUT2D eigenvalue weighted by molar-refractivity contribution is -0.156. The van der Waals surface area contributed by atoms with Gasteiger partial charge in [-0.05, 0) is 43.6 Å². The second-order valence-electron chi connectivity index (χ2n) is 8.15. The van der Waals surface area contributed by atoms with Crippen molar-refractivity contribution in [2.24, 2.45) is 5.92 Å². The molecule has 1 aliphatic heterocycles. The maximum absolute atomic E-state index is 13.5. The summed E-state index contributed by atoms with van der Waals surface area (Å²) in [7, 11) is 1.34. The van der Waals surface area contributed by atoms with Crippen molar-refractivity contribution in [3.05, 3.63) is 35.9 Å². The van der Waals surface area contributed by atoms with Crippen molar-refractivity contribution < 1.29 is 23.9 Å². The number of benzene rings is 1. The Morgan fingerprint density at radius 2 is 1.73 bits per heavy atom. The molecule has 0 aromatic heterocycles. The predicted molar refractivity (Wildman–Crippen MR) is 111 cm³/mol. The summed E-state index contributed by atoms with van der Waals surface area (Å²) in [6, 6.07) is 8.17. The molecule has 1 saturated heterocycles. The van der Waals surface area contributed by atoms with Crippen LogP contribution in [0.3, 0.4) is 0 Å². The van der Waals surface area contributed by atoms with Gasteiger partial charge in [0.15, 0.2) is 0 Å². The zero-order valence-corrected chi connectivity index (χ0v) is 17.7. The Bertz CT molecular complexity index is 718. The number of piperidine rings is 1. The lowest BCUT2D eigenvalue weighted by atomic mass is 9.83. The number of esters is 1. The zero-order valence-electron chi connectivity index (χ0n) is 17.7. The normalized spacial score (nSPS) is 20.8. The number of hydrogen-bond acceptors (Lipinski definition) is 5. The lowest BCUT2D eigenvalue weighted by Gasteiger charge is -2.38. The van der Waals surface area contributed by atoms with E-state index in [1.165, 1.54) is 7.11 Å². The van der Waals surface area contributed by atoms with Crippen LogP contribution >= 0.6 is 0 Å². The molecular formula is C23H32N2O5. The van der Waals surface area contributed by atoms with Gasteiger partial charge in [-0.1, -0.05) is 49.6 Å². The zero-order chi connectivity index (χ0) is 21.3. The molecule has 7 nitrogen and oxygen atoms in total. The Kier molecular flexibility index (Phi) is 8.11. The summed E-state index contributed by atoms with van der Waals surface area (Å²) in [6.45, 7) is 0.648. The molecule has 2 amide bonds.